The summed E-state index contributed by atoms with van der Waals surface area (Å²) in [6.07, 6.45) is 3.30. The fourth-order valence-corrected chi connectivity index (χ4v) is 2.87. The van der Waals surface area contributed by atoms with Crippen LogP contribution in [0.2, 0.25) is 0 Å². The third-order valence-corrected chi connectivity index (χ3v) is 4.56. The van der Waals surface area contributed by atoms with E-state index in [9.17, 15) is 4.79 Å². The number of carbonyl (C=O) groups excluding carboxylic acids is 1. The first kappa shape index (κ1) is 17.2. The van der Waals surface area contributed by atoms with Gasteiger partial charge in [-0.3, -0.25) is 4.79 Å². The van der Waals surface area contributed by atoms with Gasteiger partial charge < -0.3 is 14.2 Å². The summed E-state index contributed by atoms with van der Waals surface area (Å²) in [5.41, 5.74) is 1.29. The second kappa shape index (κ2) is 6.71. The molecule has 0 aromatic carbocycles. The van der Waals surface area contributed by atoms with Gasteiger partial charge in [0, 0.05) is 32.1 Å². The highest BCUT2D eigenvalue weighted by molar-refractivity contribution is 5.98. The monoisotopic (exact) mass is 333 g/mol. The number of hydrogen-bond donors (Lipinski definition) is 0. The fourth-order valence-electron chi connectivity index (χ4n) is 2.87. The van der Waals surface area contributed by atoms with Gasteiger partial charge >= 0.3 is 0 Å². The molecular weight excluding hydrogens is 306 g/mol. The second-order valence-corrected chi connectivity index (χ2v) is 7.79. The van der Waals surface area contributed by atoms with E-state index in [0.29, 0.717) is 37.0 Å². The van der Waals surface area contributed by atoms with Crippen molar-refractivity contribution in [2.24, 2.45) is 5.41 Å². The number of ketones is 1. The van der Waals surface area contributed by atoms with Crippen LogP contribution in [0, 0.1) is 5.41 Å². The van der Waals surface area contributed by atoms with Crippen LogP contribution in [0.15, 0.2) is 6.07 Å². The first-order chi connectivity index (χ1) is 11.4. The van der Waals surface area contributed by atoms with E-state index in [1.54, 1.807) is 7.11 Å². The molecule has 2 heterocycles. The third-order valence-electron chi connectivity index (χ3n) is 4.56. The highest BCUT2D eigenvalue weighted by Crippen LogP contribution is 2.46. The first-order valence-corrected chi connectivity index (χ1v) is 8.76. The Kier molecular flexibility index (Phi) is 4.81. The Bertz CT molecular complexity index is 617. The summed E-state index contributed by atoms with van der Waals surface area (Å²) in [4.78, 5) is 17.2. The van der Waals surface area contributed by atoms with Gasteiger partial charge in [0.1, 0.15) is 17.5 Å². The summed E-state index contributed by atoms with van der Waals surface area (Å²) in [5, 5.41) is 0. The van der Waals surface area contributed by atoms with E-state index < -0.39 is 0 Å². The molecule has 2 aliphatic rings. The minimum atomic E-state index is -0.132. The minimum absolute atomic E-state index is 0.0732. The maximum Gasteiger partial charge on any atom is 0.188 e. The van der Waals surface area contributed by atoms with E-state index in [4.69, 9.17) is 14.2 Å². The van der Waals surface area contributed by atoms with E-state index in [2.05, 4.69) is 25.8 Å². The van der Waals surface area contributed by atoms with Crippen molar-refractivity contribution in [2.75, 3.05) is 20.3 Å². The lowest BCUT2D eigenvalue weighted by Crippen LogP contribution is -2.38. The van der Waals surface area contributed by atoms with Gasteiger partial charge in [0.2, 0.25) is 0 Å². The predicted octanol–water partition coefficient (Wildman–Crippen LogP) is 3.75. The van der Waals surface area contributed by atoms with Crippen molar-refractivity contribution in [3.05, 3.63) is 17.5 Å². The van der Waals surface area contributed by atoms with Crippen molar-refractivity contribution in [1.82, 2.24) is 4.98 Å². The van der Waals surface area contributed by atoms with Crippen molar-refractivity contribution in [2.45, 2.75) is 58.5 Å². The van der Waals surface area contributed by atoms with Gasteiger partial charge in [0.05, 0.1) is 18.7 Å². The molecule has 0 radical (unpaired) electrons. The molecule has 1 fully saturated rings. The molecular formula is C19H27NO4. The van der Waals surface area contributed by atoms with Crippen molar-refractivity contribution < 1.29 is 19.0 Å². The normalized spacial score (nSPS) is 20.5. The van der Waals surface area contributed by atoms with Crippen molar-refractivity contribution in [1.29, 1.82) is 0 Å². The van der Waals surface area contributed by atoms with Gasteiger partial charge in [-0.15, -0.1) is 0 Å². The van der Waals surface area contributed by atoms with Crippen LogP contribution >= 0.6 is 0 Å². The number of methoxy groups -OCH3 is 1. The molecule has 1 saturated carbocycles. The Hall–Kier alpha value is -1.62. The quantitative estimate of drug-likeness (QED) is 0.742. The van der Waals surface area contributed by atoms with Gasteiger partial charge in [-0.05, 0) is 18.3 Å². The van der Waals surface area contributed by atoms with E-state index in [0.717, 1.165) is 30.7 Å². The molecule has 1 unspecified atom stereocenters. The topological polar surface area (TPSA) is 57.7 Å². The molecule has 0 spiro atoms. The largest absolute Gasteiger partial charge is 0.491 e. The Labute approximate surface area is 143 Å². The summed E-state index contributed by atoms with van der Waals surface area (Å²) in [6, 6.07) is 1.87. The van der Waals surface area contributed by atoms with E-state index in [-0.39, 0.29) is 17.3 Å². The molecule has 1 aliphatic heterocycles. The fraction of sp³-hybridized carbons (Fsp3) is 0.684. The van der Waals surface area contributed by atoms with Crippen LogP contribution in [0.1, 0.15) is 68.6 Å². The third kappa shape index (κ3) is 3.72. The first-order valence-electron chi connectivity index (χ1n) is 8.76. The van der Waals surface area contributed by atoms with Crippen LogP contribution in [-0.4, -0.2) is 37.2 Å². The lowest BCUT2D eigenvalue weighted by molar-refractivity contribution is 0.0531. The number of Topliss-reactive ketones (excluding diaryl/α,β-unsaturated/α-hetero) is 1. The van der Waals surface area contributed by atoms with Crippen molar-refractivity contribution in [3.63, 3.8) is 0 Å². The van der Waals surface area contributed by atoms with Gasteiger partial charge in [-0.25, -0.2) is 4.98 Å². The van der Waals surface area contributed by atoms with E-state index in [1.807, 2.05) is 6.07 Å². The molecule has 0 N–H and O–H groups in total. The predicted molar refractivity (Wildman–Crippen MR) is 91.0 cm³/mol. The van der Waals surface area contributed by atoms with Gasteiger partial charge in [0.25, 0.3) is 0 Å². The standard InChI is InChI=1S/C19H27NO4/c1-19(2,3)16-10-13(21)18-15(24-16)11-14(23-9-5-8-22-4)17(20-18)12-6-7-12/h11-12,16H,5-10H2,1-4H3. The maximum atomic E-state index is 12.5. The number of hydrogen-bond acceptors (Lipinski definition) is 5. The number of aromatic nitrogens is 1. The molecule has 5 heteroatoms. The number of nitrogens with zero attached hydrogens (tertiary/aromatic N) is 1. The Balaban J connectivity index is 1.86. The second-order valence-electron chi connectivity index (χ2n) is 7.79. The molecule has 24 heavy (non-hydrogen) atoms. The molecule has 1 aromatic heterocycles. The highest BCUT2D eigenvalue weighted by atomic mass is 16.5. The van der Waals surface area contributed by atoms with Crippen LogP contribution in [0.5, 0.6) is 11.5 Å². The van der Waals surface area contributed by atoms with Crippen LogP contribution in [-0.2, 0) is 4.74 Å². The Morgan fingerprint density at radius 1 is 1.29 bits per heavy atom. The van der Waals surface area contributed by atoms with Crippen molar-refractivity contribution >= 4 is 5.78 Å². The average molecular weight is 333 g/mol. The van der Waals surface area contributed by atoms with E-state index >= 15 is 0 Å². The van der Waals surface area contributed by atoms with Crippen LogP contribution in [0.25, 0.3) is 0 Å². The maximum absolute atomic E-state index is 12.5. The highest BCUT2D eigenvalue weighted by Gasteiger charge is 2.38. The number of pyridine rings is 1. The van der Waals surface area contributed by atoms with Crippen LogP contribution in [0.4, 0.5) is 0 Å². The van der Waals surface area contributed by atoms with E-state index in [1.165, 1.54) is 0 Å². The number of ether oxygens (including phenoxy) is 3. The number of carbonyl (C=O) groups is 1. The zero-order valence-electron chi connectivity index (χ0n) is 15.1. The van der Waals surface area contributed by atoms with Crippen LogP contribution < -0.4 is 9.47 Å². The molecule has 132 valence electrons. The Morgan fingerprint density at radius 2 is 2.04 bits per heavy atom. The molecule has 5 nitrogen and oxygen atoms in total. The molecule has 0 saturated heterocycles. The molecule has 1 aromatic rings. The lowest BCUT2D eigenvalue weighted by Gasteiger charge is -2.34. The zero-order valence-corrected chi connectivity index (χ0v) is 15.1. The number of fused-ring (bicyclic) bond motifs is 1. The summed E-state index contributed by atoms with van der Waals surface area (Å²) in [7, 11) is 1.68. The molecule has 0 bridgehead atoms. The zero-order chi connectivity index (χ0) is 17.3. The Morgan fingerprint density at radius 3 is 2.67 bits per heavy atom. The summed E-state index contributed by atoms with van der Waals surface area (Å²) in [6.45, 7) is 7.50. The molecule has 3 rings (SSSR count). The average Bonchev–Trinajstić information content (AvgIpc) is 3.34. The smallest absolute Gasteiger partial charge is 0.188 e. The summed E-state index contributed by atoms with van der Waals surface area (Å²) < 4.78 is 17.1. The minimum Gasteiger partial charge on any atom is -0.491 e. The molecule has 0 amide bonds. The van der Waals surface area contributed by atoms with Gasteiger partial charge in [-0.1, -0.05) is 20.8 Å². The lowest BCUT2D eigenvalue weighted by atomic mass is 9.84. The molecule has 1 aliphatic carbocycles. The summed E-state index contributed by atoms with van der Waals surface area (Å²) >= 11 is 0. The van der Waals surface area contributed by atoms with Gasteiger partial charge in [-0.2, -0.15) is 0 Å². The van der Waals surface area contributed by atoms with Crippen LogP contribution in [0.3, 0.4) is 0 Å². The van der Waals surface area contributed by atoms with Gasteiger partial charge in [0.15, 0.2) is 11.5 Å². The SMILES string of the molecule is COCCCOc1cc2c(nc1C1CC1)C(=O)CC(C(C)(C)C)O2. The molecule has 1 atom stereocenters. The summed E-state index contributed by atoms with van der Waals surface area (Å²) in [5.74, 6) is 1.82. The number of rotatable bonds is 6. The van der Waals surface area contributed by atoms with Crippen molar-refractivity contribution in [3.8, 4) is 11.5 Å².